The van der Waals surface area contributed by atoms with Gasteiger partial charge in [-0.15, -0.1) is 0 Å². The average Bonchev–Trinajstić information content (AvgIpc) is 2.11. The summed E-state index contributed by atoms with van der Waals surface area (Å²) < 4.78 is 46.1. The molecule has 0 atom stereocenters. The van der Waals surface area contributed by atoms with E-state index in [-0.39, 0.29) is 36.0 Å². The van der Waals surface area contributed by atoms with E-state index in [1.165, 1.54) is 21.3 Å². The van der Waals surface area contributed by atoms with Crippen LogP contribution in [0.25, 0.3) is 0 Å². The fourth-order valence-corrected chi connectivity index (χ4v) is 3.50. The molecule has 0 N–H and O–H groups in total. The molecule has 0 rings (SSSR count). The fourth-order valence-electron chi connectivity index (χ4n) is 1.02. The smallest absolute Gasteiger partial charge is 0.748 e. The molecular weight excluding hydrogens is 251 g/mol. The van der Waals surface area contributed by atoms with Crippen molar-refractivity contribution in [3.8, 4) is 0 Å². The molecule has 0 aromatic carbocycles. The molecule has 0 saturated carbocycles. The van der Waals surface area contributed by atoms with Gasteiger partial charge in [0, 0.05) is 33.1 Å². The third kappa shape index (κ3) is 7.83. The number of hydrogen-bond donors (Lipinski definition) is 0. The zero-order valence-electron chi connectivity index (χ0n) is 9.48. The summed E-state index contributed by atoms with van der Waals surface area (Å²) in [5, 5.41) is 0. The first-order chi connectivity index (χ1) is 6.39. The van der Waals surface area contributed by atoms with Gasteiger partial charge in [-0.2, -0.15) is 0 Å². The molecule has 0 spiro atoms. The quantitative estimate of drug-likeness (QED) is 0.356. The standard InChI is InChI=1S/C6H16O6SSi.Na/c1-10-14(11-2,12-3)6-4-5-13(7,8)9;/h4-6H2,1-3H3,(H,7,8,9);/q;+1/p-1. The van der Waals surface area contributed by atoms with E-state index in [4.69, 9.17) is 13.3 Å². The zero-order valence-corrected chi connectivity index (χ0v) is 13.3. The molecule has 0 heterocycles. The van der Waals surface area contributed by atoms with Gasteiger partial charge in [0.15, 0.2) is 0 Å². The summed E-state index contributed by atoms with van der Waals surface area (Å²) in [6, 6.07) is 0.317. The molecule has 0 aliphatic carbocycles. The largest absolute Gasteiger partial charge is 1.00 e. The third-order valence-electron chi connectivity index (χ3n) is 1.81. The van der Waals surface area contributed by atoms with Crippen LogP contribution in [0.1, 0.15) is 6.42 Å². The fraction of sp³-hybridized carbons (Fsp3) is 1.00. The third-order valence-corrected chi connectivity index (χ3v) is 5.43. The Morgan fingerprint density at radius 3 is 1.80 bits per heavy atom. The van der Waals surface area contributed by atoms with Crippen LogP contribution in [0.4, 0.5) is 0 Å². The molecule has 86 valence electrons. The molecule has 0 aromatic rings. The van der Waals surface area contributed by atoms with Gasteiger partial charge in [-0.3, -0.25) is 0 Å². The van der Waals surface area contributed by atoms with Gasteiger partial charge in [0.05, 0.1) is 10.1 Å². The topological polar surface area (TPSA) is 84.9 Å². The van der Waals surface area contributed by atoms with Crippen molar-refractivity contribution in [3.63, 3.8) is 0 Å². The summed E-state index contributed by atoms with van der Waals surface area (Å²) in [6.45, 7) is 0. The summed E-state index contributed by atoms with van der Waals surface area (Å²) in [4.78, 5) is 0. The maximum absolute atomic E-state index is 10.3. The van der Waals surface area contributed by atoms with Gasteiger partial charge < -0.3 is 17.8 Å². The van der Waals surface area contributed by atoms with Gasteiger partial charge in [0.2, 0.25) is 0 Å². The van der Waals surface area contributed by atoms with E-state index in [0.29, 0.717) is 6.04 Å². The molecule has 0 radical (unpaired) electrons. The van der Waals surface area contributed by atoms with Crippen molar-refractivity contribution >= 4 is 18.9 Å². The summed E-state index contributed by atoms with van der Waals surface area (Å²) in [6.07, 6.45) is 0.188. The molecule has 0 bridgehead atoms. The Morgan fingerprint density at radius 1 is 1.13 bits per heavy atom. The minimum Gasteiger partial charge on any atom is -0.748 e. The molecular formula is C6H15NaO6SSi. The van der Waals surface area contributed by atoms with Gasteiger partial charge in [-0.25, -0.2) is 8.42 Å². The molecule has 15 heavy (non-hydrogen) atoms. The first kappa shape index (κ1) is 18.4. The van der Waals surface area contributed by atoms with Crippen molar-refractivity contribution < 1.29 is 55.8 Å². The van der Waals surface area contributed by atoms with Crippen LogP contribution in [0.15, 0.2) is 0 Å². The Bertz CT molecular complexity index is 244. The predicted molar refractivity (Wildman–Crippen MR) is 50.8 cm³/mol. The van der Waals surface area contributed by atoms with Crippen LogP contribution in [0, 0.1) is 0 Å². The van der Waals surface area contributed by atoms with E-state index >= 15 is 0 Å². The van der Waals surface area contributed by atoms with Gasteiger partial charge in [0.1, 0.15) is 0 Å². The number of hydrogen-bond acceptors (Lipinski definition) is 6. The second-order valence-electron chi connectivity index (χ2n) is 2.66. The van der Waals surface area contributed by atoms with Crippen molar-refractivity contribution in [2.75, 3.05) is 27.1 Å². The minimum absolute atomic E-state index is 0. The van der Waals surface area contributed by atoms with Crippen molar-refractivity contribution in [2.45, 2.75) is 12.5 Å². The van der Waals surface area contributed by atoms with Crippen LogP contribution in [-0.2, 0) is 23.4 Å². The van der Waals surface area contributed by atoms with Gasteiger partial charge in [-0.1, -0.05) is 0 Å². The van der Waals surface area contributed by atoms with E-state index in [2.05, 4.69) is 0 Å². The Balaban J connectivity index is 0. The maximum atomic E-state index is 10.3. The molecule has 0 fully saturated rings. The normalized spacial score (nSPS) is 12.3. The Kier molecular flexibility index (Phi) is 9.98. The van der Waals surface area contributed by atoms with E-state index < -0.39 is 24.7 Å². The minimum atomic E-state index is -4.17. The summed E-state index contributed by atoms with van der Waals surface area (Å²) >= 11 is 0. The molecule has 0 aliphatic rings. The molecule has 0 amide bonds. The van der Waals surface area contributed by atoms with Crippen LogP contribution in [0.3, 0.4) is 0 Å². The van der Waals surface area contributed by atoms with Gasteiger partial charge in [-0.05, 0) is 6.42 Å². The van der Waals surface area contributed by atoms with Crippen molar-refractivity contribution in [2.24, 2.45) is 0 Å². The molecule has 0 saturated heterocycles. The van der Waals surface area contributed by atoms with E-state index in [1.807, 2.05) is 0 Å². The summed E-state index contributed by atoms with van der Waals surface area (Å²) in [5.74, 6) is -0.419. The van der Waals surface area contributed by atoms with Crippen molar-refractivity contribution in [1.29, 1.82) is 0 Å². The van der Waals surface area contributed by atoms with Crippen LogP contribution in [0.5, 0.6) is 0 Å². The first-order valence-electron chi connectivity index (χ1n) is 3.98. The molecule has 6 nitrogen and oxygen atoms in total. The van der Waals surface area contributed by atoms with Gasteiger partial charge >= 0.3 is 38.4 Å². The van der Waals surface area contributed by atoms with E-state index in [1.54, 1.807) is 0 Å². The Hall–Kier alpha value is 1.01. The molecule has 9 heteroatoms. The maximum Gasteiger partial charge on any atom is 1.00 e. The van der Waals surface area contributed by atoms with E-state index in [0.717, 1.165) is 0 Å². The van der Waals surface area contributed by atoms with Crippen LogP contribution in [0.2, 0.25) is 6.04 Å². The Labute approximate surface area is 114 Å². The second-order valence-corrected chi connectivity index (χ2v) is 7.28. The SMILES string of the molecule is CO[Si](CCCS(=O)(=O)[O-])(OC)OC.[Na+]. The van der Waals surface area contributed by atoms with Crippen LogP contribution >= 0.6 is 0 Å². The monoisotopic (exact) mass is 266 g/mol. The Morgan fingerprint density at radius 2 is 1.53 bits per heavy atom. The van der Waals surface area contributed by atoms with Crippen molar-refractivity contribution in [1.82, 2.24) is 0 Å². The molecule has 0 aliphatic heterocycles. The predicted octanol–water partition coefficient (Wildman–Crippen LogP) is -3.20. The second kappa shape index (κ2) is 8.15. The zero-order chi connectivity index (χ0) is 11.2. The van der Waals surface area contributed by atoms with Crippen LogP contribution < -0.4 is 29.6 Å². The summed E-state index contributed by atoms with van der Waals surface area (Å²) in [5.41, 5.74) is 0. The molecule has 0 unspecified atom stereocenters. The van der Waals surface area contributed by atoms with E-state index in [9.17, 15) is 13.0 Å². The summed E-state index contributed by atoms with van der Waals surface area (Å²) in [7, 11) is -2.58. The van der Waals surface area contributed by atoms with Crippen LogP contribution in [-0.4, -0.2) is 48.9 Å². The van der Waals surface area contributed by atoms with Crippen molar-refractivity contribution in [3.05, 3.63) is 0 Å². The first-order valence-corrected chi connectivity index (χ1v) is 7.49. The average molecular weight is 266 g/mol. The molecule has 0 aromatic heterocycles. The number of rotatable bonds is 7. The van der Waals surface area contributed by atoms with Gasteiger partial charge in [0.25, 0.3) is 0 Å².